The van der Waals surface area contributed by atoms with Crippen LogP contribution in [0.5, 0.6) is 11.5 Å². The van der Waals surface area contributed by atoms with Gasteiger partial charge in [0.2, 0.25) is 0 Å². The third-order valence-electron chi connectivity index (χ3n) is 7.34. The summed E-state index contributed by atoms with van der Waals surface area (Å²) in [5.41, 5.74) is 9.32. The average Bonchev–Trinajstić information content (AvgIpc) is 3.53. The van der Waals surface area contributed by atoms with E-state index < -0.39 is 5.82 Å². The van der Waals surface area contributed by atoms with Crippen molar-refractivity contribution in [2.24, 2.45) is 5.73 Å². The Morgan fingerprint density at radius 1 is 1.23 bits per heavy atom. The number of ether oxygens (including phenoxy) is 3. The van der Waals surface area contributed by atoms with E-state index >= 15 is 4.39 Å². The lowest BCUT2D eigenvalue weighted by atomic mass is 10.0. The standard InChI is InChI=1S/C28H29FN6O4/c1-37-17-7-6-16(23(11-17)38-2)13-34-14-19-24(28(34)36)26(18-12-31-35-9-4-3-5-22(18)35)33-27(25(19)29)32-21-8-10-39-15-20(21)30/h3-7,9,11-12,20-21H,8,10,13-15,30H2,1-2H3,(H,32,33)/t20-,21+/m0/s1. The molecule has 4 aromatic rings. The van der Waals surface area contributed by atoms with Crippen LogP contribution in [0, 0.1) is 5.82 Å². The van der Waals surface area contributed by atoms with Crippen LogP contribution >= 0.6 is 0 Å². The van der Waals surface area contributed by atoms with Gasteiger partial charge in [0.1, 0.15) is 11.5 Å². The Morgan fingerprint density at radius 3 is 2.90 bits per heavy atom. The Hall–Kier alpha value is -4.22. The van der Waals surface area contributed by atoms with E-state index in [4.69, 9.17) is 19.9 Å². The van der Waals surface area contributed by atoms with Crippen LogP contribution in [0.1, 0.15) is 27.9 Å². The van der Waals surface area contributed by atoms with Gasteiger partial charge in [-0.15, -0.1) is 0 Å². The molecule has 2 aliphatic rings. The molecule has 3 aromatic heterocycles. The van der Waals surface area contributed by atoms with E-state index in [0.29, 0.717) is 42.4 Å². The number of rotatable bonds is 7. The highest BCUT2D eigenvalue weighted by molar-refractivity contribution is 6.05. The summed E-state index contributed by atoms with van der Waals surface area (Å²) in [6.45, 7) is 1.20. The number of nitrogens with zero attached hydrogens (tertiary/aromatic N) is 4. The average molecular weight is 533 g/mol. The largest absolute Gasteiger partial charge is 0.497 e. The molecule has 0 unspecified atom stereocenters. The number of fused-ring (bicyclic) bond motifs is 2. The number of hydrogen-bond donors (Lipinski definition) is 2. The van der Waals surface area contributed by atoms with Crippen molar-refractivity contribution in [2.75, 3.05) is 32.8 Å². The predicted molar refractivity (Wildman–Crippen MR) is 142 cm³/mol. The van der Waals surface area contributed by atoms with E-state index in [1.807, 2.05) is 30.5 Å². The van der Waals surface area contributed by atoms with Gasteiger partial charge in [0.15, 0.2) is 11.6 Å². The van der Waals surface area contributed by atoms with Gasteiger partial charge in [-0.05, 0) is 30.7 Å². The van der Waals surface area contributed by atoms with Crippen molar-refractivity contribution in [3.05, 3.63) is 71.3 Å². The summed E-state index contributed by atoms with van der Waals surface area (Å²) < 4.78 is 34.1. The zero-order chi connectivity index (χ0) is 27.1. The van der Waals surface area contributed by atoms with Crippen LogP contribution in [0.4, 0.5) is 10.2 Å². The number of carbonyl (C=O) groups excluding carboxylic acids is 1. The summed E-state index contributed by atoms with van der Waals surface area (Å²) in [7, 11) is 3.14. The smallest absolute Gasteiger partial charge is 0.257 e. The lowest BCUT2D eigenvalue weighted by Gasteiger charge is -2.30. The minimum absolute atomic E-state index is 0.0676. The molecular formula is C28H29FN6O4. The van der Waals surface area contributed by atoms with Crippen LogP contribution in [-0.2, 0) is 17.8 Å². The van der Waals surface area contributed by atoms with E-state index in [1.54, 1.807) is 42.0 Å². The fourth-order valence-corrected chi connectivity index (χ4v) is 5.25. The fourth-order valence-electron chi connectivity index (χ4n) is 5.25. The van der Waals surface area contributed by atoms with Crippen LogP contribution in [-0.4, -0.2) is 64.9 Å². The first-order valence-electron chi connectivity index (χ1n) is 12.7. The number of carbonyl (C=O) groups is 1. The second kappa shape index (κ2) is 10.2. The van der Waals surface area contributed by atoms with Crippen LogP contribution in [0.25, 0.3) is 16.8 Å². The summed E-state index contributed by atoms with van der Waals surface area (Å²) in [5, 5.41) is 7.63. The molecule has 0 saturated carbocycles. The molecule has 0 aliphatic carbocycles. The number of hydrogen-bond acceptors (Lipinski definition) is 8. The molecule has 1 amide bonds. The number of amides is 1. The molecule has 3 N–H and O–H groups in total. The molecular weight excluding hydrogens is 503 g/mol. The number of halogens is 1. The van der Waals surface area contributed by atoms with Crippen molar-refractivity contribution in [2.45, 2.75) is 31.6 Å². The molecule has 10 nitrogen and oxygen atoms in total. The van der Waals surface area contributed by atoms with Gasteiger partial charge in [-0.1, -0.05) is 6.07 Å². The summed E-state index contributed by atoms with van der Waals surface area (Å²) in [6, 6.07) is 10.5. The summed E-state index contributed by atoms with van der Waals surface area (Å²) in [5.74, 6) is 0.420. The van der Waals surface area contributed by atoms with Crippen molar-refractivity contribution in [1.82, 2.24) is 19.5 Å². The predicted octanol–water partition coefficient (Wildman–Crippen LogP) is 3.24. The van der Waals surface area contributed by atoms with Gasteiger partial charge in [0, 0.05) is 54.2 Å². The first-order chi connectivity index (χ1) is 19.0. The summed E-state index contributed by atoms with van der Waals surface area (Å²) in [6.07, 6.45) is 4.09. The number of pyridine rings is 2. The fraction of sp³-hybridized carbons (Fsp3) is 0.321. The van der Waals surface area contributed by atoms with Gasteiger partial charge in [-0.2, -0.15) is 5.10 Å². The normalized spacial score (nSPS) is 18.9. The molecule has 0 bridgehead atoms. The molecule has 1 saturated heterocycles. The number of anilines is 1. The third-order valence-corrected chi connectivity index (χ3v) is 7.34. The number of methoxy groups -OCH3 is 2. The maximum atomic E-state index is 16.1. The minimum Gasteiger partial charge on any atom is -0.497 e. The molecule has 6 rings (SSSR count). The highest BCUT2D eigenvalue weighted by Gasteiger charge is 2.37. The topological polar surface area (TPSA) is 116 Å². The summed E-state index contributed by atoms with van der Waals surface area (Å²) >= 11 is 0. The lowest BCUT2D eigenvalue weighted by Crippen LogP contribution is -2.48. The Labute approximate surface area is 224 Å². The first-order valence-corrected chi connectivity index (χ1v) is 12.7. The molecule has 1 aromatic carbocycles. The Morgan fingerprint density at radius 2 is 2.10 bits per heavy atom. The molecule has 2 aliphatic heterocycles. The zero-order valence-corrected chi connectivity index (χ0v) is 21.7. The first kappa shape index (κ1) is 25.1. The van der Waals surface area contributed by atoms with Crippen molar-refractivity contribution in [3.8, 4) is 22.8 Å². The van der Waals surface area contributed by atoms with Crippen molar-refractivity contribution in [1.29, 1.82) is 0 Å². The van der Waals surface area contributed by atoms with Gasteiger partial charge in [0.05, 0.1) is 50.3 Å². The van der Waals surface area contributed by atoms with E-state index in [0.717, 1.165) is 11.1 Å². The second-order valence-corrected chi connectivity index (χ2v) is 9.68. The molecule has 0 spiro atoms. The van der Waals surface area contributed by atoms with Gasteiger partial charge < -0.3 is 30.2 Å². The number of aromatic nitrogens is 3. The molecule has 5 heterocycles. The quantitative estimate of drug-likeness (QED) is 0.373. The molecule has 11 heteroatoms. The molecule has 0 radical (unpaired) electrons. The SMILES string of the molecule is COc1ccc(CN2Cc3c(F)c(N[C@@H]4CCOC[C@@H]4N)nc(-c4cnn5ccccc45)c3C2=O)c(OC)c1. The lowest BCUT2D eigenvalue weighted by molar-refractivity contribution is 0.0750. The van der Waals surface area contributed by atoms with Crippen molar-refractivity contribution < 1.29 is 23.4 Å². The van der Waals surface area contributed by atoms with Gasteiger partial charge in [-0.3, -0.25) is 4.79 Å². The second-order valence-electron chi connectivity index (χ2n) is 9.68. The number of nitrogens with two attached hydrogens (primary N) is 1. The van der Waals surface area contributed by atoms with Gasteiger partial charge in [0.25, 0.3) is 5.91 Å². The van der Waals surface area contributed by atoms with Crippen LogP contribution < -0.4 is 20.5 Å². The maximum absolute atomic E-state index is 16.1. The highest BCUT2D eigenvalue weighted by Crippen LogP contribution is 2.39. The van der Waals surface area contributed by atoms with Crippen molar-refractivity contribution in [3.63, 3.8) is 0 Å². The number of benzene rings is 1. The van der Waals surface area contributed by atoms with E-state index in [2.05, 4.69) is 15.4 Å². The van der Waals surface area contributed by atoms with Gasteiger partial charge >= 0.3 is 0 Å². The number of nitrogens with one attached hydrogen (secondary N) is 1. The molecule has 39 heavy (non-hydrogen) atoms. The summed E-state index contributed by atoms with van der Waals surface area (Å²) in [4.78, 5) is 20.1. The minimum atomic E-state index is -0.554. The third kappa shape index (κ3) is 4.43. The molecule has 2 atom stereocenters. The van der Waals surface area contributed by atoms with E-state index in [-0.39, 0.29) is 48.0 Å². The van der Waals surface area contributed by atoms with E-state index in [1.165, 1.54) is 0 Å². The maximum Gasteiger partial charge on any atom is 0.257 e. The van der Waals surface area contributed by atoms with Crippen LogP contribution in [0.2, 0.25) is 0 Å². The monoisotopic (exact) mass is 532 g/mol. The van der Waals surface area contributed by atoms with Crippen molar-refractivity contribution >= 4 is 17.2 Å². The Balaban J connectivity index is 1.43. The molecule has 202 valence electrons. The molecule has 1 fully saturated rings. The van der Waals surface area contributed by atoms with Crippen LogP contribution in [0.15, 0.2) is 48.8 Å². The highest BCUT2D eigenvalue weighted by atomic mass is 19.1. The Kier molecular flexibility index (Phi) is 6.53. The Bertz CT molecular complexity index is 1560. The zero-order valence-electron chi connectivity index (χ0n) is 21.7. The van der Waals surface area contributed by atoms with Crippen LogP contribution in [0.3, 0.4) is 0 Å². The van der Waals surface area contributed by atoms with E-state index in [9.17, 15) is 4.79 Å². The van der Waals surface area contributed by atoms with Gasteiger partial charge in [-0.25, -0.2) is 13.9 Å².